The van der Waals surface area contributed by atoms with Gasteiger partial charge in [-0.2, -0.15) is 0 Å². The third-order valence-electron chi connectivity index (χ3n) is 3.93. The van der Waals surface area contributed by atoms with Crippen molar-refractivity contribution in [3.63, 3.8) is 0 Å². The van der Waals surface area contributed by atoms with Crippen LogP contribution in [0.15, 0.2) is 0 Å². The average molecular weight is 300 g/mol. The summed E-state index contributed by atoms with van der Waals surface area (Å²) < 4.78 is 5.46. The van der Waals surface area contributed by atoms with E-state index in [0.717, 1.165) is 32.4 Å². The molecule has 1 atom stereocenters. The SMILES string of the molecule is CCC(C)(CO)CNCCN(C(=O)OC(C)(C)C)C1CC1. The first kappa shape index (κ1) is 18.2. The van der Waals surface area contributed by atoms with E-state index in [-0.39, 0.29) is 18.1 Å². The highest BCUT2D eigenvalue weighted by Gasteiger charge is 2.34. The van der Waals surface area contributed by atoms with Crippen molar-refractivity contribution in [1.29, 1.82) is 0 Å². The molecule has 2 N–H and O–H groups in total. The lowest BCUT2D eigenvalue weighted by Crippen LogP contribution is -2.43. The van der Waals surface area contributed by atoms with E-state index in [0.29, 0.717) is 12.6 Å². The maximum atomic E-state index is 12.2. The summed E-state index contributed by atoms with van der Waals surface area (Å²) >= 11 is 0. The molecule has 5 heteroatoms. The Morgan fingerprint density at radius 3 is 2.38 bits per heavy atom. The fraction of sp³-hybridized carbons (Fsp3) is 0.938. The molecule has 1 amide bonds. The summed E-state index contributed by atoms with van der Waals surface area (Å²) in [5.41, 5.74) is -0.536. The molecule has 0 aliphatic heterocycles. The number of carbonyl (C=O) groups is 1. The largest absolute Gasteiger partial charge is 0.444 e. The number of carbonyl (C=O) groups excluding carboxylic acids is 1. The van der Waals surface area contributed by atoms with Crippen LogP contribution in [0.25, 0.3) is 0 Å². The summed E-state index contributed by atoms with van der Waals surface area (Å²) in [6.45, 7) is 12.1. The molecular formula is C16H32N2O3. The van der Waals surface area contributed by atoms with Crippen LogP contribution in [0.4, 0.5) is 4.79 Å². The monoisotopic (exact) mass is 300 g/mol. The van der Waals surface area contributed by atoms with Gasteiger partial charge in [0.1, 0.15) is 5.60 Å². The van der Waals surface area contributed by atoms with Gasteiger partial charge < -0.3 is 20.1 Å². The van der Waals surface area contributed by atoms with E-state index < -0.39 is 5.60 Å². The van der Waals surface area contributed by atoms with Gasteiger partial charge in [0.15, 0.2) is 0 Å². The van der Waals surface area contributed by atoms with Crippen LogP contribution in [0.2, 0.25) is 0 Å². The third-order valence-corrected chi connectivity index (χ3v) is 3.93. The normalized spacial score (nSPS) is 18.2. The van der Waals surface area contributed by atoms with Crippen molar-refractivity contribution in [2.45, 2.75) is 65.5 Å². The van der Waals surface area contributed by atoms with E-state index in [1.54, 1.807) is 0 Å². The zero-order chi connectivity index (χ0) is 16.1. The first-order valence-corrected chi connectivity index (χ1v) is 8.02. The lowest BCUT2D eigenvalue weighted by molar-refractivity contribution is 0.0233. The van der Waals surface area contributed by atoms with Gasteiger partial charge in [0.25, 0.3) is 0 Å². The Morgan fingerprint density at radius 1 is 1.33 bits per heavy atom. The third kappa shape index (κ3) is 6.66. The molecule has 1 aliphatic rings. The summed E-state index contributed by atoms with van der Waals surface area (Å²) in [5.74, 6) is 0. The molecule has 0 aromatic rings. The number of nitrogens with one attached hydrogen (secondary N) is 1. The van der Waals surface area contributed by atoms with Gasteiger partial charge in [-0.05, 0) is 40.0 Å². The predicted molar refractivity (Wildman–Crippen MR) is 84.3 cm³/mol. The average Bonchev–Trinajstić information content (AvgIpc) is 3.20. The molecule has 0 radical (unpaired) electrons. The number of aliphatic hydroxyl groups is 1. The minimum atomic E-state index is -0.449. The van der Waals surface area contributed by atoms with Crippen molar-refractivity contribution >= 4 is 6.09 Å². The van der Waals surface area contributed by atoms with Crippen molar-refractivity contribution in [2.24, 2.45) is 5.41 Å². The molecule has 1 unspecified atom stereocenters. The van der Waals surface area contributed by atoms with Crippen LogP contribution in [0.1, 0.15) is 53.9 Å². The molecule has 0 heterocycles. The highest BCUT2D eigenvalue weighted by Crippen LogP contribution is 2.28. The van der Waals surface area contributed by atoms with Crippen molar-refractivity contribution in [3.8, 4) is 0 Å². The van der Waals surface area contributed by atoms with Crippen molar-refractivity contribution in [2.75, 3.05) is 26.2 Å². The van der Waals surface area contributed by atoms with Gasteiger partial charge in [-0.15, -0.1) is 0 Å². The van der Waals surface area contributed by atoms with Gasteiger partial charge in [0, 0.05) is 37.7 Å². The highest BCUT2D eigenvalue weighted by atomic mass is 16.6. The second kappa shape index (κ2) is 7.45. The Labute approximate surface area is 129 Å². The van der Waals surface area contributed by atoms with Crippen LogP contribution < -0.4 is 5.32 Å². The number of rotatable bonds is 8. The fourth-order valence-electron chi connectivity index (χ4n) is 2.01. The molecule has 0 saturated heterocycles. The zero-order valence-electron chi connectivity index (χ0n) is 14.2. The van der Waals surface area contributed by atoms with Gasteiger partial charge in [0.05, 0.1) is 0 Å². The Balaban J connectivity index is 2.37. The van der Waals surface area contributed by atoms with E-state index in [1.807, 2.05) is 25.7 Å². The van der Waals surface area contributed by atoms with Gasteiger partial charge in [-0.25, -0.2) is 4.79 Å². The van der Waals surface area contributed by atoms with E-state index in [9.17, 15) is 9.90 Å². The van der Waals surface area contributed by atoms with Crippen LogP contribution >= 0.6 is 0 Å². The Hall–Kier alpha value is -0.810. The molecule has 1 fully saturated rings. The minimum Gasteiger partial charge on any atom is -0.444 e. The molecule has 21 heavy (non-hydrogen) atoms. The topological polar surface area (TPSA) is 61.8 Å². The molecule has 5 nitrogen and oxygen atoms in total. The summed E-state index contributed by atoms with van der Waals surface area (Å²) in [7, 11) is 0. The lowest BCUT2D eigenvalue weighted by Gasteiger charge is -2.29. The standard InChI is InChI=1S/C16H32N2O3/c1-6-16(5,12-19)11-17-9-10-18(13-7-8-13)14(20)21-15(2,3)4/h13,17,19H,6-12H2,1-5H3. The van der Waals surface area contributed by atoms with Crippen LogP contribution in [-0.4, -0.2) is 54.0 Å². The molecule has 124 valence electrons. The Kier molecular flexibility index (Phi) is 6.47. The van der Waals surface area contributed by atoms with E-state index in [1.165, 1.54) is 0 Å². The fourth-order valence-corrected chi connectivity index (χ4v) is 2.01. The molecular weight excluding hydrogens is 268 g/mol. The zero-order valence-corrected chi connectivity index (χ0v) is 14.2. The summed E-state index contributed by atoms with van der Waals surface area (Å²) in [6.07, 6.45) is 2.85. The molecule has 0 aromatic heterocycles. The van der Waals surface area contributed by atoms with Crippen LogP contribution in [0.5, 0.6) is 0 Å². The van der Waals surface area contributed by atoms with E-state index in [4.69, 9.17) is 4.74 Å². The number of aliphatic hydroxyl groups excluding tert-OH is 1. The van der Waals surface area contributed by atoms with E-state index in [2.05, 4.69) is 19.2 Å². The molecule has 1 rings (SSSR count). The van der Waals surface area contributed by atoms with Gasteiger partial charge in [0.2, 0.25) is 0 Å². The van der Waals surface area contributed by atoms with Gasteiger partial charge >= 0.3 is 6.09 Å². The minimum absolute atomic E-state index is 0.0870. The highest BCUT2D eigenvalue weighted by molar-refractivity contribution is 5.69. The molecule has 1 aliphatic carbocycles. The quantitative estimate of drug-likeness (QED) is 0.676. The molecule has 0 aromatic carbocycles. The first-order chi connectivity index (χ1) is 9.71. The number of nitrogens with zero attached hydrogens (tertiary/aromatic N) is 1. The van der Waals surface area contributed by atoms with Crippen molar-refractivity contribution in [3.05, 3.63) is 0 Å². The number of amides is 1. The summed E-state index contributed by atoms with van der Waals surface area (Å²) in [6, 6.07) is 0.344. The molecule has 1 saturated carbocycles. The number of hydrogen-bond donors (Lipinski definition) is 2. The molecule has 0 bridgehead atoms. The van der Waals surface area contributed by atoms with Gasteiger partial charge in [-0.3, -0.25) is 0 Å². The maximum Gasteiger partial charge on any atom is 0.410 e. The second-order valence-corrected chi connectivity index (χ2v) is 7.40. The first-order valence-electron chi connectivity index (χ1n) is 8.02. The second-order valence-electron chi connectivity index (χ2n) is 7.40. The van der Waals surface area contributed by atoms with Crippen LogP contribution in [0.3, 0.4) is 0 Å². The van der Waals surface area contributed by atoms with E-state index >= 15 is 0 Å². The summed E-state index contributed by atoms with van der Waals surface area (Å²) in [4.78, 5) is 14.0. The van der Waals surface area contributed by atoms with Crippen LogP contribution in [0, 0.1) is 5.41 Å². The van der Waals surface area contributed by atoms with Crippen LogP contribution in [-0.2, 0) is 4.74 Å². The Bertz CT molecular complexity index is 331. The maximum absolute atomic E-state index is 12.2. The lowest BCUT2D eigenvalue weighted by atomic mass is 9.89. The summed E-state index contributed by atoms with van der Waals surface area (Å²) in [5, 5.41) is 12.7. The van der Waals surface area contributed by atoms with Crippen molar-refractivity contribution in [1.82, 2.24) is 10.2 Å². The smallest absolute Gasteiger partial charge is 0.410 e. The predicted octanol–water partition coefficient (Wildman–Crippen LogP) is 2.38. The molecule has 0 spiro atoms. The van der Waals surface area contributed by atoms with Crippen molar-refractivity contribution < 1.29 is 14.6 Å². The Morgan fingerprint density at radius 2 is 1.95 bits per heavy atom. The number of hydrogen-bond acceptors (Lipinski definition) is 4. The number of ether oxygens (including phenoxy) is 1. The van der Waals surface area contributed by atoms with Gasteiger partial charge in [-0.1, -0.05) is 13.8 Å².